The Balaban J connectivity index is 2.16. The van der Waals surface area contributed by atoms with E-state index in [-0.39, 0.29) is 0 Å². The Kier molecular flexibility index (Phi) is 4.47. The van der Waals surface area contributed by atoms with Gasteiger partial charge in [0.25, 0.3) is 0 Å². The number of hydrogen-bond acceptors (Lipinski definition) is 5. The molecule has 2 rings (SSSR count). The van der Waals surface area contributed by atoms with Crippen molar-refractivity contribution in [3.8, 4) is 0 Å². The number of methoxy groups -OCH3 is 1. The normalized spacial score (nSPS) is 16.5. The molecule has 2 N–H and O–H groups in total. The van der Waals surface area contributed by atoms with E-state index < -0.39 is 5.97 Å². The van der Waals surface area contributed by atoms with Crippen LogP contribution in [-0.4, -0.2) is 31.2 Å². The highest BCUT2D eigenvalue weighted by molar-refractivity contribution is 5.97. The number of nitrogens with zero attached hydrogens (tertiary/aromatic N) is 2. The van der Waals surface area contributed by atoms with Crippen molar-refractivity contribution in [1.82, 2.24) is 4.98 Å². The van der Waals surface area contributed by atoms with Gasteiger partial charge in [0.15, 0.2) is 5.82 Å². The molecule has 1 aromatic rings. The van der Waals surface area contributed by atoms with Crippen LogP contribution in [0.25, 0.3) is 0 Å². The summed E-state index contributed by atoms with van der Waals surface area (Å²) in [6.45, 7) is 6.41. The maximum atomic E-state index is 11.7. The molecule has 0 radical (unpaired) electrons. The lowest BCUT2D eigenvalue weighted by atomic mass is 9.87. The second-order valence-electron chi connectivity index (χ2n) is 5.66. The van der Waals surface area contributed by atoms with Gasteiger partial charge in [-0.05, 0) is 30.7 Å². The van der Waals surface area contributed by atoms with Crippen LogP contribution in [0.5, 0.6) is 0 Å². The Morgan fingerprint density at radius 2 is 2.10 bits per heavy atom. The molecule has 5 nitrogen and oxygen atoms in total. The van der Waals surface area contributed by atoms with Crippen molar-refractivity contribution in [2.45, 2.75) is 26.7 Å². The SMILES string of the molecule is COC(=O)c1ccnc(N2CCC(C(C)C)CC2)c1N. The molecule has 1 fully saturated rings. The number of carbonyl (C=O) groups is 1. The average molecular weight is 277 g/mol. The van der Waals surface area contributed by atoms with Gasteiger partial charge in [-0.25, -0.2) is 9.78 Å². The largest absolute Gasteiger partial charge is 0.465 e. The number of esters is 1. The molecule has 0 spiro atoms. The van der Waals surface area contributed by atoms with Crippen LogP contribution in [0.1, 0.15) is 37.0 Å². The Labute approximate surface area is 120 Å². The minimum Gasteiger partial charge on any atom is -0.465 e. The molecule has 0 saturated carbocycles. The fraction of sp³-hybridized carbons (Fsp3) is 0.600. The Morgan fingerprint density at radius 3 is 2.65 bits per heavy atom. The van der Waals surface area contributed by atoms with E-state index in [1.165, 1.54) is 7.11 Å². The van der Waals surface area contributed by atoms with Gasteiger partial charge in [0.2, 0.25) is 0 Å². The number of rotatable bonds is 3. The summed E-state index contributed by atoms with van der Waals surface area (Å²) in [7, 11) is 1.36. The summed E-state index contributed by atoms with van der Waals surface area (Å²) in [4.78, 5) is 18.2. The standard InChI is InChI=1S/C15H23N3O2/c1-10(2)11-5-8-18(9-6-11)14-13(16)12(4-7-17-14)15(19)20-3/h4,7,10-11H,5-6,8-9,16H2,1-3H3. The summed E-state index contributed by atoms with van der Waals surface area (Å²) >= 11 is 0. The predicted molar refractivity (Wildman–Crippen MR) is 79.8 cm³/mol. The molecule has 2 heterocycles. The topological polar surface area (TPSA) is 68.5 Å². The van der Waals surface area contributed by atoms with E-state index in [9.17, 15) is 4.79 Å². The van der Waals surface area contributed by atoms with Crippen molar-refractivity contribution < 1.29 is 9.53 Å². The third-order valence-corrected chi connectivity index (χ3v) is 4.16. The highest BCUT2D eigenvalue weighted by atomic mass is 16.5. The van der Waals surface area contributed by atoms with Crippen LogP contribution in [-0.2, 0) is 4.74 Å². The van der Waals surface area contributed by atoms with Crippen molar-refractivity contribution in [3.05, 3.63) is 17.8 Å². The van der Waals surface area contributed by atoms with E-state index >= 15 is 0 Å². The molecule has 0 amide bonds. The van der Waals surface area contributed by atoms with E-state index in [2.05, 4.69) is 23.7 Å². The van der Waals surface area contributed by atoms with E-state index in [0.717, 1.165) is 31.8 Å². The van der Waals surface area contributed by atoms with E-state index in [0.29, 0.717) is 23.0 Å². The third kappa shape index (κ3) is 2.86. The molecule has 1 saturated heterocycles. The highest BCUT2D eigenvalue weighted by Gasteiger charge is 2.25. The highest BCUT2D eigenvalue weighted by Crippen LogP contribution is 2.30. The number of piperidine rings is 1. The zero-order valence-electron chi connectivity index (χ0n) is 12.4. The molecule has 1 aliphatic rings. The number of ether oxygens (including phenoxy) is 1. The van der Waals surface area contributed by atoms with Gasteiger partial charge in [0, 0.05) is 19.3 Å². The van der Waals surface area contributed by atoms with Crippen LogP contribution in [0.3, 0.4) is 0 Å². The molecule has 1 aliphatic heterocycles. The second-order valence-corrected chi connectivity index (χ2v) is 5.66. The molecular weight excluding hydrogens is 254 g/mol. The van der Waals surface area contributed by atoms with Crippen LogP contribution >= 0.6 is 0 Å². The maximum Gasteiger partial charge on any atom is 0.340 e. The second kappa shape index (κ2) is 6.11. The summed E-state index contributed by atoms with van der Waals surface area (Å²) in [6, 6.07) is 1.60. The van der Waals surface area contributed by atoms with Crippen molar-refractivity contribution in [1.29, 1.82) is 0 Å². The fourth-order valence-electron chi connectivity index (χ4n) is 2.78. The van der Waals surface area contributed by atoms with E-state index in [1.807, 2.05) is 0 Å². The lowest BCUT2D eigenvalue weighted by Crippen LogP contribution is -2.36. The quantitative estimate of drug-likeness (QED) is 0.859. The van der Waals surface area contributed by atoms with Crippen molar-refractivity contribution in [3.63, 3.8) is 0 Å². The first kappa shape index (κ1) is 14.6. The number of carbonyl (C=O) groups excluding carboxylic acids is 1. The molecule has 1 aromatic heterocycles. The average Bonchev–Trinajstić information content (AvgIpc) is 2.47. The lowest BCUT2D eigenvalue weighted by molar-refractivity contribution is 0.0602. The van der Waals surface area contributed by atoms with Crippen LogP contribution in [0, 0.1) is 11.8 Å². The first-order valence-electron chi connectivity index (χ1n) is 7.12. The van der Waals surface area contributed by atoms with Gasteiger partial charge in [-0.15, -0.1) is 0 Å². The number of anilines is 2. The van der Waals surface area contributed by atoms with Gasteiger partial charge in [-0.2, -0.15) is 0 Å². The van der Waals surface area contributed by atoms with Gasteiger partial charge >= 0.3 is 5.97 Å². The minimum absolute atomic E-state index is 0.392. The van der Waals surface area contributed by atoms with Gasteiger partial charge < -0.3 is 15.4 Å². The molecular formula is C15H23N3O2. The summed E-state index contributed by atoms with van der Waals surface area (Å²) in [5.41, 5.74) is 6.89. The van der Waals surface area contributed by atoms with Crippen molar-refractivity contribution in [2.75, 3.05) is 30.8 Å². The van der Waals surface area contributed by atoms with E-state index in [4.69, 9.17) is 10.5 Å². The number of nitrogen functional groups attached to an aromatic ring is 1. The lowest BCUT2D eigenvalue weighted by Gasteiger charge is -2.35. The van der Waals surface area contributed by atoms with Crippen LogP contribution in [0.2, 0.25) is 0 Å². The number of pyridine rings is 1. The fourth-order valence-corrected chi connectivity index (χ4v) is 2.78. The zero-order valence-corrected chi connectivity index (χ0v) is 12.4. The Bertz CT molecular complexity index is 480. The molecule has 20 heavy (non-hydrogen) atoms. The Morgan fingerprint density at radius 1 is 1.45 bits per heavy atom. The van der Waals surface area contributed by atoms with Crippen LogP contribution < -0.4 is 10.6 Å². The number of hydrogen-bond donors (Lipinski definition) is 1. The first-order chi connectivity index (χ1) is 9.54. The summed E-state index contributed by atoms with van der Waals surface area (Å²) in [5, 5.41) is 0. The zero-order chi connectivity index (χ0) is 14.7. The van der Waals surface area contributed by atoms with Crippen molar-refractivity contribution >= 4 is 17.5 Å². The molecule has 110 valence electrons. The number of aromatic nitrogens is 1. The third-order valence-electron chi connectivity index (χ3n) is 4.16. The van der Waals surface area contributed by atoms with Gasteiger partial charge in [-0.1, -0.05) is 13.8 Å². The predicted octanol–water partition coefficient (Wildman–Crippen LogP) is 2.32. The van der Waals surface area contributed by atoms with Gasteiger partial charge in [0.1, 0.15) is 0 Å². The molecule has 0 aromatic carbocycles. The molecule has 0 aliphatic carbocycles. The Hall–Kier alpha value is -1.78. The minimum atomic E-state index is -0.414. The van der Waals surface area contributed by atoms with E-state index in [1.54, 1.807) is 12.3 Å². The smallest absolute Gasteiger partial charge is 0.340 e. The van der Waals surface area contributed by atoms with Crippen molar-refractivity contribution in [2.24, 2.45) is 11.8 Å². The molecule has 0 unspecified atom stereocenters. The van der Waals surface area contributed by atoms with Crippen LogP contribution in [0.4, 0.5) is 11.5 Å². The summed E-state index contributed by atoms with van der Waals surface area (Å²) in [6.07, 6.45) is 3.90. The first-order valence-corrected chi connectivity index (χ1v) is 7.12. The molecule has 5 heteroatoms. The maximum absolute atomic E-state index is 11.7. The summed E-state index contributed by atoms with van der Waals surface area (Å²) < 4.78 is 4.74. The monoisotopic (exact) mass is 277 g/mol. The molecule has 0 atom stereocenters. The molecule has 0 bridgehead atoms. The van der Waals surface area contributed by atoms with Gasteiger partial charge in [0.05, 0.1) is 18.4 Å². The number of nitrogens with two attached hydrogens (primary N) is 1. The summed E-state index contributed by atoms with van der Waals surface area (Å²) in [5.74, 6) is 1.76. The van der Waals surface area contributed by atoms with Gasteiger partial charge in [-0.3, -0.25) is 0 Å². The van der Waals surface area contributed by atoms with Crippen LogP contribution in [0.15, 0.2) is 12.3 Å².